The number of ether oxygens (including phenoxy) is 1. The van der Waals surface area contributed by atoms with Crippen molar-refractivity contribution in [1.82, 2.24) is 0 Å². The van der Waals surface area contributed by atoms with Crippen LogP contribution in [0.3, 0.4) is 0 Å². The van der Waals surface area contributed by atoms with Crippen LogP contribution in [0.15, 0.2) is 54.3 Å². The summed E-state index contributed by atoms with van der Waals surface area (Å²) in [4.78, 5) is 25.8. The second-order valence-electron chi connectivity index (χ2n) is 6.34. The summed E-state index contributed by atoms with van der Waals surface area (Å²) in [5.41, 5.74) is 1.84. The standard InChI is InChI=1S/C20H17Cl2NO4/c1-11(2)23-16-8-7-12(21)9-14(16)19(13-5-3-4-6-15(13)22)27-17(20(23)26)10-18(24)25/h3-11,19H,1-2H3,(H,24,25)/b17-10+/t19-/m1/s1. The van der Waals surface area contributed by atoms with E-state index in [9.17, 15) is 14.7 Å². The van der Waals surface area contributed by atoms with E-state index in [1.54, 1.807) is 42.5 Å². The fourth-order valence-electron chi connectivity index (χ4n) is 3.06. The number of benzene rings is 2. The Kier molecular flexibility index (Phi) is 5.44. The van der Waals surface area contributed by atoms with Gasteiger partial charge in [-0.1, -0.05) is 41.4 Å². The number of hydrogen-bond donors (Lipinski definition) is 1. The topological polar surface area (TPSA) is 66.8 Å². The fourth-order valence-corrected chi connectivity index (χ4v) is 3.48. The van der Waals surface area contributed by atoms with Crippen molar-refractivity contribution in [3.05, 3.63) is 75.5 Å². The lowest BCUT2D eigenvalue weighted by Crippen LogP contribution is -2.37. The molecule has 2 aromatic carbocycles. The van der Waals surface area contributed by atoms with Crippen LogP contribution in [-0.4, -0.2) is 23.0 Å². The van der Waals surface area contributed by atoms with Crippen molar-refractivity contribution in [3.63, 3.8) is 0 Å². The summed E-state index contributed by atoms with van der Waals surface area (Å²) < 4.78 is 5.91. The first-order valence-electron chi connectivity index (χ1n) is 8.28. The van der Waals surface area contributed by atoms with E-state index in [2.05, 4.69) is 0 Å². The molecule has 0 aromatic heterocycles. The maximum atomic E-state index is 13.0. The third kappa shape index (κ3) is 3.80. The van der Waals surface area contributed by atoms with Gasteiger partial charge < -0.3 is 14.7 Å². The average molecular weight is 406 g/mol. The van der Waals surface area contributed by atoms with Crippen LogP contribution >= 0.6 is 23.2 Å². The molecule has 1 aliphatic rings. The van der Waals surface area contributed by atoms with E-state index >= 15 is 0 Å². The molecule has 0 saturated carbocycles. The third-order valence-electron chi connectivity index (χ3n) is 4.16. The number of hydrogen-bond acceptors (Lipinski definition) is 3. The molecule has 0 radical (unpaired) electrons. The summed E-state index contributed by atoms with van der Waals surface area (Å²) in [6, 6.07) is 11.9. The van der Waals surface area contributed by atoms with Gasteiger partial charge in [0.05, 0.1) is 11.8 Å². The number of anilines is 1. The largest absolute Gasteiger partial charge is 0.478 e. The van der Waals surface area contributed by atoms with Crippen LogP contribution in [0.2, 0.25) is 10.0 Å². The van der Waals surface area contributed by atoms with Crippen LogP contribution in [0.4, 0.5) is 5.69 Å². The second kappa shape index (κ2) is 7.62. The van der Waals surface area contributed by atoms with E-state index in [4.69, 9.17) is 27.9 Å². The number of carboxylic acids is 1. The molecule has 2 aromatic rings. The maximum absolute atomic E-state index is 13.0. The van der Waals surface area contributed by atoms with Crippen molar-refractivity contribution in [3.8, 4) is 0 Å². The van der Waals surface area contributed by atoms with Crippen LogP contribution in [0.25, 0.3) is 0 Å². The van der Waals surface area contributed by atoms with Crippen LogP contribution in [0.1, 0.15) is 31.1 Å². The Bertz CT molecular complexity index is 939. The molecular weight excluding hydrogens is 389 g/mol. The Labute approximate surface area is 166 Å². The van der Waals surface area contributed by atoms with Crippen LogP contribution in [0, 0.1) is 0 Å². The van der Waals surface area contributed by atoms with Crippen molar-refractivity contribution < 1.29 is 19.4 Å². The molecule has 1 atom stereocenters. The zero-order chi connectivity index (χ0) is 19.7. The van der Waals surface area contributed by atoms with Gasteiger partial charge in [-0.2, -0.15) is 0 Å². The summed E-state index contributed by atoms with van der Waals surface area (Å²) in [7, 11) is 0. The zero-order valence-electron chi connectivity index (χ0n) is 14.6. The van der Waals surface area contributed by atoms with Gasteiger partial charge in [-0.25, -0.2) is 4.79 Å². The van der Waals surface area contributed by atoms with E-state index in [0.29, 0.717) is 26.9 Å². The lowest BCUT2D eigenvalue weighted by Gasteiger charge is -2.26. The average Bonchev–Trinajstić information content (AvgIpc) is 2.70. The Hall–Kier alpha value is -2.50. The molecule has 0 spiro atoms. The minimum atomic E-state index is -1.27. The summed E-state index contributed by atoms with van der Waals surface area (Å²) >= 11 is 12.6. The smallest absolute Gasteiger partial charge is 0.332 e. The Balaban J connectivity index is 2.30. The molecule has 0 bridgehead atoms. The summed E-state index contributed by atoms with van der Waals surface area (Å²) in [6.45, 7) is 3.68. The first kappa shape index (κ1) is 19.3. The highest BCUT2D eigenvalue weighted by molar-refractivity contribution is 6.31. The molecule has 3 rings (SSSR count). The van der Waals surface area contributed by atoms with E-state index in [1.807, 2.05) is 13.8 Å². The number of halogens is 2. The van der Waals surface area contributed by atoms with Crippen molar-refractivity contribution in [1.29, 1.82) is 0 Å². The molecule has 7 heteroatoms. The molecule has 5 nitrogen and oxygen atoms in total. The highest BCUT2D eigenvalue weighted by Gasteiger charge is 2.36. The molecule has 1 aliphatic heterocycles. The number of nitrogens with zero attached hydrogens (tertiary/aromatic N) is 1. The summed E-state index contributed by atoms with van der Waals surface area (Å²) in [6.07, 6.45) is -0.0135. The number of aliphatic carboxylic acids is 1. The number of carbonyl (C=O) groups is 2. The van der Waals surface area contributed by atoms with Gasteiger partial charge in [-0.15, -0.1) is 0 Å². The number of amides is 1. The van der Waals surface area contributed by atoms with Crippen molar-refractivity contribution in [2.75, 3.05) is 4.90 Å². The Morgan fingerprint density at radius 3 is 2.52 bits per heavy atom. The zero-order valence-corrected chi connectivity index (χ0v) is 16.2. The summed E-state index contributed by atoms with van der Waals surface area (Å²) in [5.74, 6) is -2.08. The minimum absolute atomic E-state index is 0.233. The van der Waals surface area contributed by atoms with E-state index < -0.39 is 18.0 Å². The normalized spacial score (nSPS) is 18.3. The van der Waals surface area contributed by atoms with Crippen LogP contribution in [0.5, 0.6) is 0 Å². The molecule has 1 amide bonds. The lowest BCUT2D eigenvalue weighted by atomic mass is 9.99. The maximum Gasteiger partial charge on any atom is 0.332 e. The quantitative estimate of drug-likeness (QED) is 0.742. The SMILES string of the molecule is CC(C)N1C(=O)/C(=C\C(=O)O)O[C@H](c2ccccc2Cl)c2cc(Cl)ccc21. The number of carbonyl (C=O) groups excluding carboxylic acids is 1. The molecule has 0 aliphatic carbocycles. The summed E-state index contributed by atoms with van der Waals surface area (Å²) in [5, 5.41) is 10.1. The van der Waals surface area contributed by atoms with E-state index in [0.717, 1.165) is 6.08 Å². The van der Waals surface area contributed by atoms with Crippen LogP contribution in [-0.2, 0) is 14.3 Å². The number of fused-ring (bicyclic) bond motifs is 1. The molecule has 1 heterocycles. The minimum Gasteiger partial charge on any atom is -0.478 e. The van der Waals surface area contributed by atoms with Gasteiger partial charge in [0.25, 0.3) is 5.91 Å². The first-order chi connectivity index (χ1) is 12.8. The molecular formula is C20H17Cl2NO4. The fraction of sp³-hybridized carbons (Fsp3) is 0.200. The van der Waals surface area contributed by atoms with Gasteiger partial charge >= 0.3 is 5.97 Å². The van der Waals surface area contributed by atoms with Crippen molar-refractivity contribution in [2.24, 2.45) is 0 Å². The molecule has 140 valence electrons. The molecule has 0 saturated heterocycles. The highest BCUT2D eigenvalue weighted by atomic mass is 35.5. The van der Waals surface area contributed by atoms with Crippen molar-refractivity contribution >= 4 is 40.8 Å². The van der Waals surface area contributed by atoms with Crippen molar-refractivity contribution in [2.45, 2.75) is 26.0 Å². The van der Waals surface area contributed by atoms with Gasteiger partial charge in [-0.05, 0) is 38.1 Å². The predicted octanol–water partition coefficient (Wildman–Crippen LogP) is 4.82. The number of rotatable bonds is 3. The molecule has 0 fully saturated rings. The van der Waals surface area contributed by atoms with Gasteiger partial charge in [-0.3, -0.25) is 4.79 Å². The predicted molar refractivity (Wildman–Crippen MR) is 104 cm³/mol. The highest BCUT2D eigenvalue weighted by Crippen LogP contribution is 2.42. The second-order valence-corrected chi connectivity index (χ2v) is 7.18. The third-order valence-corrected chi connectivity index (χ3v) is 4.74. The molecule has 27 heavy (non-hydrogen) atoms. The van der Waals surface area contributed by atoms with Gasteiger partial charge in [0.1, 0.15) is 0 Å². The Morgan fingerprint density at radius 2 is 1.89 bits per heavy atom. The number of carboxylic acid groups (broad SMARTS) is 1. The molecule has 1 N–H and O–H groups in total. The lowest BCUT2D eigenvalue weighted by molar-refractivity contribution is -0.132. The van der Waals surface area contributed by atoms with E-state index in [1.165, 1.54) is 4.90 Å². The van der Waals surface area contributed by atoms with Gasteiger partial charge in [0.15, 0.2) is 11.9 Å². The van der Waals surface area contributed by atoms with Gasteiger partial charge in [0.2, 0.25) is 0 Å². The Morgan fingerprint density at radius 1 is 1.19 bits per heavy atom. The monoisotopic (exact) mass is 405 g/mol. The van der Waals surface area contributed by atoms with Crippen LogP contribution < -0.4 is 4.90 Å². The first-order valence-corrected chi connectivity index (χ1v) is 9.04. The molecule has 0 unspecified atom stereocenters. The van der Waals surface area contributed by atoms with E-state index in [-0.39, 0.29) is 11.8 Å². The van der Waals surface area contributed by atoms with Gasteiger partial charge in [0, 0.05) is 27.2 Å².